The summed E-state index contributed by atoms with van der Waals surface area (Å²) in [7, 11) is 0. The summed E-state index contributed by atoms with van der Waals surface area (Å²) in [5, 5.41) is 2.87. The average molecular weight is 367 g/mol. The highest BCUT2D eigenvalue weighted by Crippen LogP contribution is 2.17. The maximum absolute atomic E-state index is 12.8. The molecule has 0 spiro atoms. The Morgan fingerprint density at radius 2 is 1.69 bits per heavy atom. The zero-order valence-corrected chi connectivity index (χ0v) is 14.9. The molecule has 3 aromatic rings. The van der Waals surface area contributed by atoms with Crippen LogP contribution < -0.4 is 5.32 Å². The molecule has 1 heterocycles. The second-order valence-corrected chi connectivity index (χ2v) is 6.67. The predicted octanol–water partition coefficient (Wildman–Crippen LogP) is 3.73. The van der Waals surface area contributed by atoms with Gasteiger partial charge in [-0.05, 0) is 36.2 Å². The van der Waals surface area contributed by atoms with Gasteiger partial charge in [0.25, 0.3) is 0 Å². The zero-order valence-electron chi connectivity index (χ0n) is 14.1. The van der Waals surface area contributed by atoms with E-state index in [0.717, 1.165) is 16.0 Å². The highest BCUT2D eigenvalue weighted by Gasteiger charge is 2.04. The largest absolute Gasteiger partial charge is 0.355 e. The molecule has 6 heteroatoms. The lowest BCUT2D eigenvalue weighted by molar-refractivity contribution is -0.118. The number of nitrogens with zero attached hydrogens (tertiary/aromatic N) is 2. The summed E-state index contributed by atoms with van der Waals surface area (Å²) in [5.41, 5.74) is 1.95. The monoisotopic (exact) mass is 367 g/mol. The number of hydrogen-bond donors (Lipinski definition) is 1. The van der Waals surface area contributed by atoms with Crippen LogP contribution in [-0.2, 0) is 11.2 Å². The molecule has 26 heavy (non-hydrogen) atoms. The van der Waals surface area contributed by atoms with Crippen LogP contribution in [0, 0.1) is 5.82 Å². The second-order valence-electron chi connectivity index (χ2n) is 5.62. The Morgan fingerprint density at radius 1 is 1.00 bits per heavy atom. The highest BCUT2D eigenvalue weighted by atomic mass is 32.2. The van der Waals surface area contributed by atoms with Gasteiger partial charge in [0.2, 0.25) is 5.91 Å². The first-order valence-electron chi connectivity index (χ1n) is 8.22. The molecule has 132 valence electrons. The zero-order chi connectivity index (χ0) is 18.2. The smallest absolute Gasteiger partial charge is 0.230 e. The first-order valence-corrected chi connectivity index (χ1v) is 9.21. The van der Waals surface area contributed by atoms with Gasteiger partial charge >= 0.3 is 0 Å². The number of hydrogen-bond acceptors (Lipinski definition) is 4. The Labute approximate surface area is 155 Å². The summed E-state index contributed by atoms with van der Waals surface area (Å²) < 4.78 is 12.8. The minimum absolute atomic E-state index is 0.0545. The number of benzene rings is 2. The quantitative estimate of drug-likeness (QED) is 0.647. The maximum Gasteiger partial charge on any atom is 0.230 e. The fourth-order valence-electron chi connectivity index (χ4n) is 2.30. The number of carbonyl (C=O) groups is 1. The van der Waals surface area contributed by atoms with E-state index >= 15 is 0 Å². The molecule has 1 aromatic heterocycles. The van der Waals surface area contributed by atoms with Crippen LogP contribution in [0.15, 0.2) is 71.9 Å². The van der Waals surface area contributed by atoms with Gasteiger partial charge in [0.1, 0.15) is 5.82 Å². The van der Waals surface area contributed by atoms with Crippen molar-refractivity contribution in [3.8, 4) is 11.4 Å². The molecular weight excluding hydrogens is 349 g/mol. The summed E-state index contributed by atoms with van der Waals surface area (Å²) in [6.07, 6.45) is 4.24. The molecular formula is C20H18FN3OS. The van der Waals surface area contributed by atoms with E-state index in [1.165, 1.54) is 23.9 Å². The number of halogens is 1. The van der Waals surface area contributed by atoms with E-state index in [-0.39, 0.29) is 11.7 Å². The second kappa shape index (κ2) is 9.10. The minimum atomic E-state index is -0.278. The van der Waals surface area contributed by atoms with Gasteiger partial charge in [0, 0.05) is 29.4 Å². The number of amides is 1. The highest BCUT2D eigenvalue weighted by molar-refractivity contribution is 8.00. The van der Waals surface area contributed by atoms with E-state index in [0.29, 0.717) is 24.5 Å². The molecule has 0 fully saturated rings. The maximum atomic E-state index is 12.8. The molecule has 3 rings (SSSR count). The van der Waals surface area contributed by atoms with Crippen molar-refractivity contribution in [2.45, 2.75) is 11.3 Å². The number of carbonyl (C=O) groups excluding carboxylic acids is 1. The topological polar surface area (TPSA) is 54.9 Å². The lowest BCUT2D eigenvalue weighted by atomic mass is 10.2. The Bertz CT molecular complexity index is 839. The van der Waals surface area contributed by atoms with Crippen molar-refractivity contribution < 1.29 is 9.18 Å². The van der Waals surface area contributed by atoms with Crippen LogP contribution in [0.1, 0.15) is 5.56 Å². The molecule has 4 nitrogen and oxygen atoms in total. The van der Waals surface area contributed by atoms with Crippen molar-refractivity contribution >= 4 is 17.7 Å². The van der Waals surface area contributed by atoms with Crippen LogP contribution in [0.25, 0.3) is 11.4 Å². The van der Waals surface area contributed by atoms with Crippen LogP contribution in [0.5, 0.6) is 0 Å². The van der Waals surface area contributed by atoms with Crippen LogP contribution in [-0.4, -0.2) is 28.2 Å². The van der Waals surface area contributed by atoms with Gasteiger partial charge < -0.3 is 5.32 Å². The van der Waals surface area contributed by atoms with E-state index in [1.54, 1.807) is 24.5 Å². The molecule has 2 aromatic carbocycles. The third kappa shape index (κ3) is 5.39. The van der Waals surface area contributed by atoms with Gasteiger partial charge in [0.15, 0.2) is 5.82 Å². The Kier molecular flexibility index (Phi) is 6.33. The third-order valence-corrected chi connectivity index (χ3v) is 4.67. The number of aromatic nitrogens is 2. The number of nitrogens with one attached hydrogen (secondary N) is 1. The van der Waals surface area contributed by atoms with Crippen molar-refractivity contribution in [2.75, 3.05) is 12.3 Å². The number of thioether (sulfide) groups is 1. The lowest BCUT2D eigenvalue weighted by Gasteiger charge is -2.06. The summed E-state index contributed by atoms with van der Waals surface area (Å²) in [5.74, 6) is 0.657. The van der Waals surface area contributed by atoms with Crippen LogP contribution in [0.4, 0.5) is 4.39 Å². The molecule has 0 radical (unpaired) electrons. The normalized spacial score (nSPS) is 10.5. The molecule has 0 saturated carbocycles. The average Bonchev–Trinajstić information content (AvgIpc) is 2.69. The van der Waals surface area contributed by atoms with Crippen molar-refractivity contribution in [3.05, 3.63) is 78.4 Å². The molecule has 0 bridgehead atoms. The molecule has 0 unspecified atom stereocenters. The van der Waals surface area contributed by atoms with Crippen molar-refractivity contribution in [3.63, 3.8) is 0 Å². The summed E-state index contributed by atoms with van der Waals surface area (Å²) >= 11 is 1.38. The van der Waals surface area contributed by atoms with E-state index in [9.17, 15) is 9.18 Å². The van der Waals surface area contributed by atoms with Gasteiger partial charge in [-0.15, -0.1) is 11.8 Å². The molecule has 0 aliphatic carbocycles. The van der Waals surface area contributed by atoms with Crippen molar-refractivity contribution in [1.29, 1.82) is 0 Å². The predicted molar refractivity (Wildman–Crippen MR) is 101 cm³/mol. The van der Waals surface area contributed by atoms with Gasteiger partial charge in [-0.1, -0.05) is 30.3 Å². The minimum Gasteiger partial charge on any atom is -0.355 e. The van der Waals surface area contributed by atoms with E-state index in [1.807, 2.05) is 30.3 Å². The van der Waals surface area contributed by atoms with Crippen LogP contribution >= 0.6 is 11.8 Å². The SMILES string of the molecule is O=C(CSc1ccc(F)cc1)NCCc1cnc(-c2ccccc2)nc1. The third-order valence-electron chi connectivity index (χ3n) is 3.66. The Morgan fingerprint density at radius 3 is 2.38 bits per heavy atom. The first-order chi connectivity index (χ1) is 12.7. The van der Waals surface area contributed by atoms with E-state index in [2.05, 4.69) is 15.3 Å². The van der Waals surface area contributed by atoms with E-state index in [4.69, 9.17) is 0 Å². The summed E-state index contributed by atoms with van der Waals surface area (Å²) in [4.78, 5) is 21.5. The standard InChI is InChI=1S/C20H18FN3OS/c21-17-6-8-18(9-7-17)26-14-19(25)22-11-10-15-12-23-20(24-13-15)16-4-2-1-3-5-16/h1-9,12-13H,10-11,14H2,(H,22,25). The first kappa shape index (κ1) is 18.1. The van der Waals surface area contributed by atoms with Crippen molar-refractivity contribution in [2.24, 2.45) is 0 Å². The molecule has 1 N–H and O–H groups in total. The van der Waals surface area contributed by atoms with Crippen LogP contribution in [0.2, 0.25) is 0 Å². The van der Waals surface area contributed by atoms with Gasteiger partial charge in [-0.25, -0.2) is 14.4 Å². The Balaban J connectivity index is 1.41. The number of rotatable bonds is 7. The van der Waals surface area contributed by atoms with E-state index < -0.39 is 0 Å². The molecule has 0 saturated heterocycles. The van der Waals surface area contributed by atoms with Crippen LogP contribution in [0.3, 0.4) is 0 Å². The molecule has 0 aliphatic heterocycles. The molecule has 1 amide bonds. The fourth-order valence-corrected chi connectivity index (χ4v) is 3.03. The summed E-state index contributed by atoms with van der Waals surface area (Å²) in [6.45, 7) is 0.525. The Hall–Kier alpha value is -2.73. The fraction of sp³-hybridized carbons (Fsp3) is 0.150. The van der Waals surface area contributed by atoms with Gasteiger partial charge in [-0.3, -0.25) is 4.79 Å². The lowest BCUT2D eigenvalue weighted by Crippen LogP contribution is -2.27. The molecule has 0 aliphatic rings. The van der Waals surface area contributed by atoms with Crippen molar-refractivity contribution in [1.82, 2.24) is 15.3 Å². The summed E-state index contributed by atoms with van der Waals surface area (Å²) in [6, 6.07) is 15.9. The van der Waals surface area contributed by atoms with Gasteiger partial charge in [-0.2, -0.15) is 0 Å². The van der Waals surface area contributed by atoms with Gasteiger partial charge in [0.05, 0.1) is 5.75 Å². The molecule has 0 atom stereocenters.